The number of hydrogen-bond donors (Lipinski definition) is 0. The first-order valence-electron chi connectivity index (χ1n) is 5.02. The Morgan fingerprint density at radius 2 is 1.78 bits per heavy atom. The molecule has 0 aromatic heterocycles. The SMILES string of the molecule is COC(=O)C1=CC(C)=C(C)C[S+]1C.F[B-](F)(F)F. The second-order valence-electron chi connectivity index (χ2n) is 3.74. The predicted molar refractivity (Wildman–Crippen MR) is 66.8 cm³/mol. The Balaban J connectivity index is 0.000000494. The number of rotatable bonds is 1. The standard InChI is InChI=1S/C10H15O2S.BF4/c1-7-5-9(10(11)12-3)13(4)6-8(7)2;2-1(3,4)5/h5H,6H2,1-4H3;/q+1;-1. The molecular weight excluding hydrogens is 271 g/mol. The van der Waals surface area contributed by atoms with Crippen molar-refractivity contribution in [2.24, 2.45) is 0 Å². The summed E-state index contributed by atoms with van der Waals surface area (Å²) in [6, 6.07) is 0. The topological polar surface area (TPSA) is 26.3 Å². The minimum absolute atomic E-state index is 0.0200. The van der Waals surface area contributed by atoms with E-state index in [4.69, 9.17) is 4.74 Å². The molecule has 0 aromatic rings. The number of halogens is 4. The molecular formula is C10H15BF4O2S. The maximum atomic E-state index is 11.3. The van der Waals surface area contributed by atoms with Crippen LogP contribution in [0.1, 0.15) is 13.8 Å². The molecule has 0 saturated heterocycles. The molecule has 0 fully saturated rings. The molecule has 0 amide bonds. The van der Waals surface area contributed by atoms with Crippen molar-refractivity contribution in [2.45, 2.75) is 13.8 Å². The van der Waals surface area contributed by atoms with Gasteiger partial charge in [-0.15, -0.1) is 0 Å². The van der Waals surface area contributed by atoms with Crippen molar-refractivity contribution in [3.63, 3.8) is 0 Å². The first-order chi connectivity index (χ1) is 8.06. The van der Waals surface area contributed by atoms with E-state index in [1.165, 1.54) is 18.3 Å². The summed E-state index contributed by atoms with van der Waals surface area (Å²) in [5.74, 6) is 0.810. The van der Waals surface area contributed by atoms with Gasteiger partial charge in [-0.2, -0.15) is 0 Å². The highest BCUT2D eigenvalue weighted by Gasteiger charge is 2.31. The average Bonchev–Trinajstić information content (AvgIpc) is 2.20. The van der Waals surface area contributed by atoms with E-state index >= 15 is 0 Å². The fraction of sp³-hybridized carbons (Fsp3) is 0.500. The van der Waals surface area contributed by atoms with Gasteiger partial charge in [-0.1, -0.05) is 0 Å². The predicted octanol–water partition coefficient (Wildman–Crippen LogP) is 2.94. The first kappa shape index (κ1) is 17.1. The van der Waals surface area contributed by atoms with Crippen LogP contribution in [-0.4, -0.2) is 32.3 Å². The third-order valence-corrected chi connectivity index (χ3v) is 4.12. The molecule has 1 atom stereocenters. The molecule has 0 saturated carbocycles. The van der Waals surface area contributed by atoms with Gasteiger partial charge >= 0.3 is 13.2 Å². The van der Waals surface area contributed by atoms with Crippen LogP contribution in [0, 0.1) is 0 Å². The van der Waals surface area contributed by atoms with E-state index in [2.05, 4.69) is 13.2 Å². The number of hydrogen-bond acceptors (Lipinski definition) is 2. The van der Waals surface area contributed by atoms with Gasteiger partial charge < -0.3 is 22.0 Å². The summed E-state index contributed by atoms with van der Waals surface area (Å²) in [4.78, 5) is 12.1. The molecule has 104 valence electrons. The fourth-order valence-corrected chi connectivity index (χ4v) is 3.02. The summed E-state index contributed by atoms with van der Waals surface area (Å²) in [5.41, 5.74) is 2.57. The number of carbonyl (C=O) groups is 1. The van der Waals surface area contributed by atoms with Gasteiger partial charge in [0, 0.05) is 17.0 Å². The first-order valence-corrected chi connectivity index (χ1v) is 6.82. The van der Waals surface area contributed by atoms with Crippen molar-refractivity contribution in [2.75, 3.05) is 19.1 Å². The van der Waals surface area contributed by atoms with Gasteiger partial charge in [-0.25, -0.2) is 4.79 Å². The molecule has 0 aromatic carbocycles. The Labute approximate surface area is 107 Å². The monoisotopic (exact) mass is 286 g/mol. The van der Waals surface area contributed by atoms with Gasteiger partial charge in [0.25, 0.3) is 0 Å². The number of allylic oxidation sites excluding steroid dienone is 2. The average molecular weight is 286 g/mol. The molecule has 0 spiro atoms. The minimum atomic E-state index is -6.00. The largest absolute Gasteiger partial charge is 0.673 e. The highest BCUT2D eigenvalue weighted by molar-refractivity contribution is 8.01. The van der Waals surface area contributed by atoms with Crippen LogP contribution < -0.4 is 0 Å². The maximum Gasteiger partial charge on any atom is 0.673 e. The molecule has 0 bridgehead atoms. The van der Waals surface area contributed by atoms with Crippen LogP contribution in [-0.2, 0) is 20.4 Å². The zero-order valence-corrected chi connectivity index (χ0v) is 11.4. The lowest BCUT2D eigenvalue weighted by atomic mass is 10.1. The summed E-state index contributed by atoms with van der Waals surface area (Å²) in [5, 5.41) is 0. The van der Waals surface area contributed by atoms with Gasteiger partial charge in [-0.05, 0) is 25.0 Å². The number of carbonyl (C=O) groups excluding carboxylic acids is 1. The van der Waals surface area contributed by atoms with Crippen LogP contribution in [0.4, 0.5) is 17.3 Å². The smallest absolute Gasteiger partial charge is 0.462 e. The van der Waals surface area contributed by atoms with Crippen LogP contribution in [0.3, 0.4) is 0 Å². The molecule has 0 radical (unpaired) electrons. The normalized spacial score (nSPS) is 19.8. The van der Waals surface area contributed by atoms with E-state index in [-0.39, 0.29) is 16.9 Å². The number of methoxy groups -OCH3 is 1. The molecule has 18 heavy (non-hydrogen) atoms. The Morgan fingerprint density at radius 1 is 1.33 bits per heavy atom. The summed E-state index contributed by atoms with van der Waals surface area (Å²) < 4.78 is 43.7. The van der Waals surface area contributed by atoms with Crippen LogP contribution in [0.2, 0.25) is 0 Å². The molecule has 1 aliphatic rings. The Hall–Kier alpha value is -0.915. The lowest BCUT2D eigenvalue weighted by Crippen LogP contribution is -2.21. The van der Waals surface area contributed by atoms with Crippen molar-refractivity contribution in [1.82, 2.24) is 0 Å². The van der Waals surface area contributed by atoms with Gasteiger partial charge in [-0.3, -0.25) is 0 Å². The van der Waals surface area contributed by atoms with Crippen LogP contribution in [0.25, 0.3) is 0 Å². The van der Waals surface area contributed by atoms with Gasteiger partial charge in [0.05, 0.1) is 7.11 Å². The van der Waals surface area contributed by atoms with Crippen molar-refractivity contribution in [3.05, 3.63) is 22.1 Å². The lowest BCUT2D eigenvalue weighted by Gasteiger charge is -2.12. The maximum absolute atomic E-state index is 11.3. The molecule has 1 rings (SSSR count). The second-order valence-corrected chi connectivity index (χ2v) is 5.74. The third kappa shape index (κ3) is 6.73. The molecule has 2 nitrogen and oxygen atoms in total. The van der Waals surface area contributed by atoms with Crippen molar-refractivity contribution >= 4 is 24.1 Å². The quantitative estimate of drug-likeness (QED) is 0.320. The molecule has 1 aliphatic heterocycles. The van der Waals surface area contributed by atoms with E-state index in [1.54, 1.807) is 0 Å². The zero-order valence-electron chi connectivity index (χ0n) is 10.6. The summed E-state index contributed by atoms with van der Waals surface area (Å²) >= 11 is 0. The Morgan fingerprint density at radius 3 is 2.17 bits per heavy atom. The third-order valence-electron chi connectivity index (χ3n) is 2.22. The van der Waals surface area contributed by atoms with E-state index in [9.17, 15) is 22.1 Å². The van der Waals surface area contributed by atoms with Crippen LogP contribution >= 0.6 is 0 Å². The van der Waals surface area contributed by atoms with E-state index in [0.717, 1.165) is 10.7 Å². The molecule has 0 aliphatic carbocycles. The fourth-order valence-electron chi connectivity index (χ4n) is 1.24. The number of ether oxygens (including phenoxy) is 1. The van der Waals surface area contributed by atoms with Crippen molar-refractivity contribution in [3.8, 4) is 0 Å². The lowest BCUT2D eigenvalue weighted by molar-refractivity contribution is -0.135. The molecule has 1 unspecified atom stereocenters. The molecule has 0 N–H and O–H groups in total. The second kappa shape index (κ2) is 6.87. The zero-order chi connectivity index (χ0) is 14.5. The summed E-state index contributed by atoms with van der Waals surface area (Å²) in [7, 11) is -4.55. The minimum Gasteiger partial charge on any atom is -0.462 e. The highest BCUT2D eigenvalue weighted by Crippen LogP contribution is 2.23. The van der Waals surface area contributed by atoms with E-state index in [0.29, 0.717) is 0 Å². The van der Waals surface area contributed by atoms with Gasteiger partial charge in [0.15, 0.2) is 0 Å². The van der Waals surface area contributed by atoms with Crippen molar-refractivity contribution < 1.29 is 26.8 Å². The summed E-state index contributed by atoms with van der Waals surface area (Å²) in [6.07, 6.45) is 4.03. The van der Waals surface area contributed by atoms with Crippen LogP contribution in [0.5, 0.6) is 0 Å². The van der Waals surface area contributed by atoms with E-state index in [1.807, 2.05) is 13.0 Å². The molecule has 8 heteroatoms. The highest BCUT2D eigenvalue weighted by atomic mass is 32.2. The Kier molecular flexibility index (Phi) is 6.52. The van der Waals surface area contributed by atoms with Crippen LogP contribution in [0.15, 0.2) is 22.1 Å². The summed E-state index contributed by atoms with van der Waals surface area (Å²) in [6.45, 7) is 4.15. The van der Waals surface area contributed by atoms with Crippen molar-refractivity contribution in [1.29, 1.82) is 0 Å². The Bertz CT molecular complexity index is 371. The number of esters is 1. The molecule has 1 heterocycles. The van der Waals surface area contributed by atoms with Gasteiger partial charge in [0.1, 0.15) is 12.0 Å². The van der Waals surface area contributed by atoms with E-state index < -0.39 is 7.25 Å². The van der Waals surface area contributed by atoms with Gasteiger partial charge in [0.2, 0.25) is 4.91 Å².